The van der Waals surface area contributed by atoms with Gasteiger partial charge >= 0.3 is 6.18 Å². The van der Waals surface area contributed by atoms with Crippen LogP contribution in [0.5, 0.6) is 5.88 Å². The van der Waals surface area contributed by atoms with Gasteiger partial charge in [-0.2, -0.15) is 28.4 Å². The first-order chi connectivity index (χ1) is 10.4. The van der Waals surface area contributed by atoms with Crippen molar-refractivity contribution < 1.29 is 17.9 Å². The highest BCUT2D eigenvalue weighted by Gasteiger charge is 2.43. The second-order valence-electron chi connectivity index (χ2n) is 4.33. The number of aromatic amines is 1. The number of nitrogen functional groups attached to an aromatic ring is 1. The molecule has 0 spiro atoms. The molecule has 0 aliphatic heterocycles. The van der Waals surface area contributed by atoms with Gasteiger partial charge < -0.3 is 10.5 Å². The van der Waals surface area contributed by atoms with Crippen molar-refractivity contribution in [3.05, 3.63) is 35.9 Å². The molecule has 1 aromatic carbocycles. The van der Waals surface area contributed by atoms with E-state index in [2.05, 4.69) is 25.4 Å². The Hall–Kier alpha value is -2.91. The number of anilines is 1. The summed E-state index contributed by atoms with van der Waals surface area (Å²) in [7, 11) is 0. The van der Waals surface area contributed by atoms with E-state index in [-0.39, 0.29) is 28.6 Å². The van der Waals surface area contributed by atoms with Gasteiger partial charge in [0.1, 0.15) is 0 Å². The van der Waals surface area contributed by atoms with Crippen molar-refractivity contribution in [2.75, 3.05) is 5.73 Å². The van der Waals surface area contributed by atoms with E-state index in [0.29, 0.717) is 0 Å². The molecule has 3 N–H and O–H groups in total. The zero-order valence-electron chi connectivity index (χ0n) is 10.9. The minimum Gasteiger partial charge on any atom is -0.458 e. The van der Waals surface area contributed by atoms with Crippen LogP contribution >= 0.6 is 0 Å². The number of rotatable bonds is 3. The Morgan fingerprint density at radius 1 is 1.09 bits per heavy atom. The van der Waals surface area contributed by atoms with Crippen LogP contribution in [0.3, 0.4) is 0 Å². The van der Waals surface area contributed by atoms with Crippen LogP contribution < -0.4 is 10.5 Å². The Balaban J connectivity index is 2.05. The van der Waals surface area contributed by atoms with Crippen LogP contribution in [0.2, 0.25) is 0 Å². The molecule has 3 rings (SSSR count). The van der Waals surface area contributed by atoms with Crippen LogP contribution in [0.4, 0.5) is 19.1 Å². The van der Waals surface area contributed by atoms with Crippen molar-refractivity contribution in [3.8, 4) is 5.88 Å². The van der Waals surface area contributed by atoms with Crippen molar-refractivity contribution in [2.45, 2.75) is 12.3 Å². The first-order valence-corrected chi connectivity index (χ1v) is 6.07. The topological polar surface area (TPSA) is 103 Å². The summed E-state index contributed by atoms with van der Waals surface area (Å²) in [6.07, 6.45) is -6.85. The van der Waals surface area contributed by atoms with E-state index in [1.807, 2.05) is 0 Å². The molecule has 0 aliphatic rings. The summed E-state index contributed by atoms with van der Waals surface area (Å²) in [6, 6.07) is 7.19. The highest BCUT2D eigenvalue weighted by molar-refractivity contribution is 5.75. The molecule has 3 aromatic rings. The maximum atomic E-state index is 13.3. The summed E-state index contributed by atoms with van der Waals surface area (Å²) in [5, 5.41) is 9.57. The number of nitrogens with one attached hydrogen (secondary N) is 1. The molecule has 0 radical (unpaired) electrons. The fourth-order valence-corrected chi connectivity index (χ4v) is 1.88. The Labute approximate surface area is 121 Å². The third-order valence-corrected chi connectivity index (χ3v) is 2.80. The molecule has 0 bridgehead atoms. The SMILES string of the molecule is Nc1nc(OC(c2ccccc2)C(F)(F)F)c2n[nH]nc2n1. The lowest BCUT2D eigenvalue weighted by Crippen LogP contribution is -2.26. The number of halogens is 3. The van der Waals surface area contributed by atoms with Gasteiger partial charge in [0.05, 0.1) is 0 Å². The third-order valence-electron chi connectivity index (χ3n) is 2.80. The molecule has 0 aliphatic carbocycles. The minimum atomic E-state index is -4.64. The second-order valence-corrected chi connectivity index (χ2v) is 4.33. The van der Waals surface area contributed by atoms with Crippen LogP contribution in [-0.2, 0) is 0 Å². The molecule has 1 atom stereocenters. The largest absolute Gasteiger partial charge is 0.458 e. The fourth-order valence-electron chi connectivity index (χ4n) is 1.88. The number of alkyl halides is 3. The van der Waals surface area contributed by atoms with E-state index >= 15 is 0 Å². The number of nitrogens with zero attached hydrogens (tertiary/aromatic N) is 4. The van der Waals surface area contributed by atoms with Gasteiger partial charge in [-0.1, -0.05) is 30.3 Å². The molecule has 114 valence electrons. The summed E-state index contributed by atoms with van der Waals surface area (Å²) in [4.78, 5) is 7.41. The number of H-pyrrole nitrogens is 1. The molecule has 10 heteroatoms. The van der Waals surface area contributed by atoms with Gasteiger partial charge in [0, 0.05) is 5.56 Å². The molecule has 0 saturated carbocycles. The molecule has 2 heterocycles. The predicted octanol–water partition coefficient (Wildman–Crippen LogP) is 2.01. The van der Waals surface area contributed by atoms with E-state index in [1.54, 1.807) is 6.07 Å². The van der Waals surface area contributed by atoms with Crippen LogP contribution in [0.1, 0.15) is 11.7 Å². The number of fused-ring (bicyclic) bond motifs is 1. The first-order valence-electron chi connectivity index (χ1n) is 6.07. The van der Waals surface area contributed by atoms with Crippen LogP contribution in [0, 0.1) is 0 Å². The van der Waals surface area contributed by atoms with Crippen molar-refractivity contribution in [3.63, 3.8) is 0 Å². The van der Waals surface area contributed by atoms with Gasteiger partial charge in [-0.15, -0.1) is 10.2 Å². The number of benzene rings is 1. The van der Waals surface area contributed by atoms with Gasteiger partial charge in [-0.05, 0) is 0 Å². The molecule has 22 heavy (non-hydrogen) atoms. The molecule has 7 nitrogen and oxygen atoms in total. The van der Waals surface area contributed by atoms with E-state index in [9.17, 15) is 13.2 Å². The number of hydrogen-bond donors (Lipinski definition) is 2. The van der Waals surface area contributed by atoms with Crippen LogP contribution in [0.15, 0.2) is 30.3 Å². The summed E-state index contributed by atoms with van der Waals surface area (Å²) < 4.78 is 44.9. The van der Waals surface area contributed by atoms with Gasteiger partial charge in [-0.3, -0.25) is 0 Å². The monoisotopic (exact) mass is 310 g/mol. The maximum Gasteiger partial charge on any atom is 0.429 e. The second kappa shape index (κ2) is 5.13. The van der Waals surface area contributed by atoms with E-state index < -0.39 is 12.3 Å². The molecular weight excluding hydrogens is 301 g/mol. The zero-order chi connectivity index (χ0) is 15.7. The van der Waals surface area contributed by atoms with Gasteiger partial charge in [0.15, 0.2) is 5.52 Å². The van der Waals surface area contributed by atoms with Crippen LogP contribution in [-0.4, -0.2) is 31.6 Å². The Bertz CT molecular complexity index is 788. The number of hydrogen-bond acceptors (Lipinski definition) is 6. The van der Waals surface area contributed by atoms with Gasteiger partial charge in [-0.25, -0.2) is 0 Å². The van der Waals surface area contributed by atoms with Crippen molar-refractivity contribution in [1.29, 1.82) is 0 Å². The fraction of sp³-hybridized carbons (Fsp3) is 0.167. The van der Waals surface area contributed by atoms with E-state index in [4.69, 9.17) is 10.5 Å². The Kier molecular flexibility index (Phi) is 3.28. The molecule has 1 unspecified atom stereocenters. The van der Waals surface area contributed by atoms with E-state index in [1.165, 1.54) is 24.3 Å². The third kappa shape index (κ3) is 2.62. The molecule has 0 amide bonds. The normalized spacial score (nSPS) is 13.2. The molecule has 0 fully saturated rings. The van der Waals surface area contributed by atoms with Gasteiger partial charge in [0.2, 0.25) is 23.6 Å². The predicted molar refractivity (Wildman–Crippen MR) is 69.8 cm³/mol. The number of aromatic nitrogens is 5. The van der Waals surface area contributed by atoms with Crippen molar-refractivity contribution >= 4 is 17.1 Å². The highest BCUT2D eigenvalue weighted by Crippen LogP contribution is 2.37. The first kappa shape index (κ1) is 14.0. The van der Waals surface area contributed by atoms with Crippen molar-refractivity contribution in [2.24, 2.45) is 0 Å². The Morgan fingerprint density at radius 2 is 1.82 bits per heavy atom. The molecule has 0 saturated heterocycles. The average molecular weight is 310 g/mol. The molecule has 2 aromatic heterocycles. The quantitative estimate of drug-likeness (QED) is 0.767. The van der Waals surface area contributed by atoms with Crippen LogP contribution in [0.25, 0.3) is 11.2 Å². The smallest absolute Gasteiger partial charge is 0.429 e. The number of nitrogens with two attached hydrogens (primary N) is 1. The lowest BCUT2D eigenvalue weighted by Gasteiger charge is -2.21. The lowest BCUT2D eigenvalue weighted by molar-refractivity contribution is -0.198. The standard InChI is InChI=1S/C12H9F3N6O/c13-12(14,15)8(6-4-2-1-3-5-6)22-10-7-9(20-21-19-7)17-11(16)18-10/h1-5,8H,(H3,16,17,18,19,20,21). The minimum absolute atomic E-state index is 0.0245. The lowest BCUT2D eigenvalue weighted by atomic mass is 10.1. The van der Waals surface area contributed by atoms with Gasteiger partial charge in [0.25, 0.3) is 0 Å². The zero-order valence-corrected chi connectivity index (χ0v) is 10.9. The summed E-state index contributed by atoms with van der Waals surface area (Å²) in [5.74, 6) is -0.646. The Morgan fingerprint density at radius 3 is 2.50 bits per heavy atom. The molecular formula is C12H9F3N6O. The average Bonchev–Trinajstić information content (AvgIpc) is 2.92. The highest BCUT2D eigenvalue weighted by atomic mass is 19.4. The summed E-state index contributed by atoms with van der Waals surface area (Å²) in [6.45, 7) is 0. The summed E-state index contributed by atoms with van der Waals surface area (Å²) in [5.41, 5.74) is 5.37. The van der Waals surface area contributed by atoms with E-state index in [0.717, 1.165) is 0 Å². The van der Waals surface area contributed by atoms with Crippen molar-refractivity contribution in [1.82, 2.24) is 25.4 Å². The maximum absolute atomic E-state index is 13.3. The summed E-state index contributed by atoms with van der Waals surface area (Å²) >= 11 is 0. The number of ether oxygens (including phenoxy) is 1.